The highest BCUT2D eigenvalue weighted by Crippen LogP contribution is 2.25. The number of benzene rings is 2. The van der Waals surface area contributed by atoms with Gasteiger partial charge in [0.15, 0.2) is 0 Å². The first kappa shape index (κ1) is 24.3. The van der Waals surface area contributed by atoms with Gasteiger partial charge in [-0.1, -0.05) is 36.4 Å². The molecule has 0 N–H and O–H groups in total. The number of unbranched alkanes of at least 4 members (excludes halogenated alkanes) is 3. The second-order valence-electron chi connectivity index (χ2n) is 7.82. The zero-order chi connectivity index (χ0) is 22.5. The molecule has 0 aromatic heterocycles. The number of rotatable bonds is 13. The molecule has 0 amide bonds. The molecule has 0 heterocycles. The Labute approximate surface area is 186 Å². The lowest BCUT2D eigenvalue weighted by Crippen LogP contribution is -2.06. The van der Waals surface area contributed by atoms with Gasteiger partial charge >= 0.3 is 5.97 Å². The van der Waals surface area contributed by atoms with E-state index in [9.17, 15) is 4.79 Å². The molecule has 4 nitrogen and oxygen atoms in total. The van der Waals surface area contributed by atoms with E-state index in [1.165, 1.54) is 5.57 Å². The number of hydrogen-bond acceptors (Lipinski definition) is 4. The SMILES string of the molecule is C=C(C)C(=O)OCCCCCCOc1ccc(-c2ccc(OCC=C(C)C)cc2)cc1. The molecule has 2 rings (SSSR count). The second-order valence-corrected chi connectivity index (χ2v) is 7.82. The summed E-state index contributed by atoms with van der Waals surface area (Å²) in [6, 6.07) is 16.3. The zero-order valence-corrected chi connectivity index (χ0v) is 19.0. The average Bonchev–Trinajstić information content (AvgIpc) is 2.76. The summed E-state index contributed by atoms with van der Waals surface area (Å²) in [6.07, 6.45) is 5.97. The van der Waals surface area contributed by atoms with Crippen LogP contribution in [0.2, 0.25) is 0 Å². The molecule has 0 unspecified atom stereocenters. The predicted molar refractivity (Wildman–Crippen MR) is 127 cm³/mol. The molecule has 166 valence electrons. The van der Waals surface area contributed by atoms with Crippen LogP contribution in [0.4, 0.5) is 0 Å². The largest absolute Gasteiger partial charge is 0.494 e. The van der Waals surface area contributed by atoms with Crippen molar-refractivity contribution in [3.8, 4) is 22.6 Å². The number of carbonyl (C=O) groups is 1. The maximum absolute atomic E-state index is 11.3. The fraction of sp³-hybridized carbons (Fsp3) is 0.370. The van der Waals surface area contributed by atoms with Crippen LogP contribution >= 0.6 is 0 Å². The van der Waals surface area contributed by atoms with Gasteiger partial charge in [-0.05, 0) is 87.9 Å². The van der Waals surface area contributed by atoms with E-state index in [1.54, 1.807) is 6.92 Å². The van der Waals surface area contributed by atoms with Crippen LogP contribution in [-0.2, 0) is 9.53 Å². The molecule has 0 atom stereocenters. The van der Waals surface area contributed by atoms with Crippen LogP contribution < -0.4 is 9.47 Å². The smallest absolute Gasteiger partial charge is 0.333 e. The first-order valence-electron chi connectivity index (χ1n) is 10.9. The third kappa shape index (κ3) is 9.56. The minimum atomic E-state index is -0.310. The van der Waals surface area contributed by atoms with Crippen LogP contribution in [0.3, 0.4) is 0 Å². The van der Waals surface area contributed by atoms with Gasteiger partial charge in [0.1, 0.15) is 18.1 Å². The molecule has 0 fully saturated rings. The van der Waals surface area contributed by atoms with Crippen LogP contribution in [0, 0.1) is 0 Å². The normalized spacial score (nSPS) is 10.3. The monoisotopic (exact) mass is 422 g/mol. The average molecular weight is 423 g/mol. The molecule has 0 saturated heterocycles. The Morgan fingerprint density at radius 2 is 1.29 bits per heavy atom. The Bertz CT molecular complexity index is 844. The van der Waals surface area contributed by atoms with Crippen molar-refractivity contribution in [1.82, 2.24) is 0 Å². The van der Waals surface area contributed by atoms with Crippen molar-refractivity contribution in [2.45, 2.75) is 46.5 Å². The Hall–Kier alpha value is -3.01. The summed E-state index contributed by atoms with van der Waals surface area (Å²) in [4.78, 5) is 11.3. The molecule has 4 heteroatoms. The second kappa shape index (κ2) is 13.3. The molecular weight excluding hydrogens is 388 g/mol. The summed E-state index contributed by atoms with van der Waals surface area (Å²) in [7, 11) is 0. The summed E-state index contributed by atoms with van der Waals surface area (Å²) in [5.74, 6) is 1.44. The summed E-state index contributed by atoms with van der Waals surface area (Å²) in [6.45, 7) is 11.1. The van der Waals surface area contributed by atoms with E-state index < -0.39 is 0 Å². The maximum Gasteiger partial charge on any atom is 0.333 e. The Kier molecular flexibility index (Phi) is 10.4. The minimum Gasteiger partial charge on any atom is -0.494 e. The van der Waals surface area contributed by atoms with E-state index in [0.717, 1.165) is 48.3 Å². The van der Waals surface area contributed by atoms with Crippen molar-refractivity contribution < 1.29 is 19.0 Å². The third-order valence-corrected chi connectivity index (χ3v) is 4.67. The number of hydrogen-bond donors (Lipinski definition) is 0. The predicted octanol–water partition coefficient (Wildman–Crippen LogP) is 6.76. The van der Waals surface area contributed by atoms with Crippen LogP contribution in [-0.4, -0.2) is 25.8 Å². The molecule has 2 aromatic rings. The van der Waals surface area contributed by atoms with Crippen LogP contribution in [0.5, 0.6) is 11.5 Å². The molecular formula is C27H34O4. The van der Waals surface area contributed by atoms with Crippen molar-refractivity contribution in [3.05, 3.63) is 72.3 Å². The molecule has 31 heavy (non-hydrogen) atoms. The standard InChI is InChI=1S/C27H34O4/c1-21(2)17-20-30-26-15-11-24(12-16-26)23-9-13-25(14-10-23)29-18-7-5-6-8-19-31-27(28)22(3)4/h9-17H,3,5-8,18-20H2,1-2,4H3. The molecule has 0 saturated carbocycles. The first-order chi connectivity index (χ1) is 15.0. The molecule has 0 aliphatic carbocycles. The summed E-state index contributed by atoms with van der Waals surface area (Å²) >= 11 is 0. The summed E-state index contributed by atoms with van der Waals surface area (Å²) in [5, 5.41) is 0. The van der Waals surface area contributed by atoms with Gasteiger partial charge in [-0.15, -0.1) is 0 Å². The molecule has 0 bridgehead atoms. The molecule has 0 spiro atoms. The van der Waals surface area contributed by atoms with Gasteiger partial charge in [0.25, 0.3) is 0 Å². The van der Waals surface area contributed by atoms with Crippen LogP contribution in [0.25, 0.3) is 11.1 Å². The van der Waals surface area contributed by atoms with Gasteiger partial charge in [-0.25, -0.2) is 4.79 Å². The van der Waals surface area contributed by atoms with E-state index in [1.807, 2.05) is 24.3 Å². The highest BCUT2D eigenvalue weighted by atomic mass is 16.5. The Morgan fingerprint density at radius 3 is 1.81 bits per heavy atom. The lowest BCUT2D eigenvalue weighted by Gasteiger charge is -2.09. The maximum atomic E-state index is 11.3. The van der Waals surface area contributed by atoms with Crippen molar-refractivity contribution in [2.24, 2.45) is 0 Å². The summed E-state index contributed by atoms with van der Waals surface area (Å²) in [5.41, 5.74) is 3.99. The lowest BCUT2D eigenvalue weighted by atomic mass is 10.1. The first-order valence-corrected chi connectivity index (χ1v) is 10.9. The van der Waals surface area contributed by atoms with Crippen molar-refractivity contribution in [1.29, 1.82) is 0 Å². The van der Waals surface area contributed by atoms with Gasteiger partial charge in [0, 0.05) is 5.57 Å². The molecule has 0 aliphatic rings. The van der Waals surface area contributed by atoms with Crippen LogP contribution in [0.1, 0.15) is 46.5 Å². The van der Waals surface area contributed by atoms with Gasteiger partial charge in [0.05, 0.1) is 13.2 Å². The number of carbonyl (C=O) groups excluding carboxylic acids is 1. The quantitative estimate of drug-likeness (QED) is 0.155. The van der Waals surface area contributed by atoms with E-state index in [0.29, 0.717) is 25.4 Å². The zero-order valence-electron chi connectivity index (χ0n) is 19.0. The van der Waals surface area contributed by atoms with E-state index in [-0.39, 0.29) is 5.97 Å². The van der Waals surface area contributed by atoms with Crippen molar-refractivity contribution in [2.75, 3.05) is 19.8 Å². The Morgan fingerprint density at radius 1 is 0.774 bits per heavy atom. The van der Waals surface area contributed by atoms with E-state index in [4.69, 9.17) is 14.2 Å². The molecule has 2 aromatic carbocycles. The van der Waals surface area contributed by atoms with Gasteiger partial charge in [0.2, 0.25) is 0 Å². The number of allylic oxidation sites excluding steroid dienone is 1. The molecule has 0 aliphatic heterocycles. The lowest BCUT2D eigenvalue weighted by molar-refractivity contribution is -0.139. The van der Waals surface area contributed by atoms with Gasteiger partial charge in [-0.2, -0.15) is 0 Å². The van der Waals surface area contributed by atoms with Gasteiger partial charge < -0.3 is 14.2 Å². The van der Waals surface area contributed by atoms with E-state index >= 15 is 0 Å². The van der Waals surface area contributed by atoms with E-state index in [2.05, 4.69) is 50.8 Å². The van der Waals surface area contributed by atoms with Crippen LogP contribution in [0.15, 0.2) is 72.3 Å². The fourth-order valence-electron chi connectivity index (χ4n) is 2.83. The Balaban J connectivity index is 1.66. The third-order valence-electron chi connectivity index (χ3n) is 4.67. The highest BCUT2D eigenvalue weighted by molar-refractivity contribution is 5.86. The highest BCUT2D eigenvalue weighted by Gasteiger charge is 2.03. The molecule has 0 radical (unpaired) electrons. The van der Waals surface area contributed by atoms with Gasteiger partial charge in [-0.3, -0.25) is 0 Å². The number of esters is 1. The van der Waals surface area contributed by atoms with Crippen molar-refractivity contribution >= 4 is 5.97 Å². The minimum absolute atomic E-state index is 0.310. The number of ether oxygens (including phenoxy) is 3. The van der Waals surface area contributed by atoms with Crippen molar-refractivity contribution in [3.63, 3.8) is 0 Å². The topological polar surface area (TPSA) is 44.8 Å². The fourth-order valence-corrected chi connectivity index (χ4v) is 2.83. The summed E-state index contributed by atoms with van der Waals surface area (Å²) < 4.78 is 16.6.